The first kappa shape index (κ1) is 15.4. The van der Waals surface area contributed by atoms with Crippen LogP contribution in [0, 0.1) is 6.92 Å². The van der Waals surface area contributed by atoms with E-state index in [0.29, 0.717) is 18.7 Å². The second-order valence-electron chi connectivity index (χ2n) is 5.32. The van der Waals surface area contributed by atoms with Gasteiger partial charge in [0.1, 0.15) is 5.82 Å². The molecule has 6 nitrogen and oxygen atoms in total. The lowest BCUT2D eigenvalue weighted by molar-refractivity contribution is -0.144. The van der Waals surface area contributed by atoms with Gasteiger partial charge in [0.2, 0.25) is 11.8 Å². The molecule has 2 heterocycles. The Morgan fingerprint density at radius 3 is 2.48 bits per heavy atom. The summed E-state index contributed by atoms with van der Waals surface area (Å²) >= 11 is 0. The molecule has 1 aliphatic heterocycles. The van der Waals surface area contributed by atoms with Gasteiger partial charge in [-0.1, -0.05) is 6.92 Å². The predicted octanol–water partition coefficient (Wildman–Crippen LogP) is 2.04. The van der Waals surface area contributed by atoms with Crippen LogP contribution in [-0.4, -0.2) is 33.2 Å². The highest BCUT2D eigenvalue weighted by Crippen LogP contribution is 2.15. The van der Waals surface area contributed by atoms with Crippen LogP contribution >= 0.6 is 0 Å². The molecule has 1 aliphatic rings. The van der Waals surface area contributed by atoms with Crippen molar-refractivity contribution in [3.8, 4) is 0 Å². The van der Waals surface area contributed by atoms with Crippen molar-refractivity contribution in [1.29, 1.82) is 0 Å². The minimum absolute atomic E-state index is 0.120. The fourth-order valence-corrected chi connectivity index (χ4v) is 2.32. The highest BCUT2D eigenvalue weighted by molar-refractivity contribution is 5.95. The number of rotatable bonds is 5. The minimum Gasteiger partial charge on any atom is -0.370 e. The molecule has 0 saturated carbocycles. The highest BCUT2D eigenvalue weighted by Gasteiger charge is 2.25. The topological polar surface area (TPSA) is 75.2 Å². The second kappa shape index (κ2) is 7.15. The van der Waals surface area contributed by atoms with Gasteiger partial charge >= 0.3 is 0 Å². The molecule has 2 rings (SSSR count). The second-order valence-corrected chi connectivity index (χ2v) is 5.32. The monoisotopic (exact) mass is 290 g/mol. The Bertz CT molecular complexity index is 512. The standard InChI is InChI=1S/C15H22N4O2/c1-3-8-16-12-9-11(2)17-13(18-12)10-19-14(20)6-4-5-7-15(19)21/h9H,3-8,10H2,1-2H3,(H,16,17,18). The van der Waals surface area contributed by atoms with Crippen molar-refractivity contribution >= 4 is 17.6 Å². The van der Waals surface area contributed by atoms with Crippen LogP contribution in [0.5, 0.6) is 0 Å². The number of imide groups is 1. The van der Waals surface area contributed by atoms with Crippen molar-refractivity contribution in [1.82, 2.24) is 14.9 Å². The maximum absolute atomic E-state index is 12.0. The number of likely N-dealkylation sites (tertiary alicyclic amines) is 1. The molecule has 6 heteroatoms. The first-order valence-electron chi connectivity index (χ1n) is 7.51. The summed E-state index contributed by atoms with van der Waals surface area (Å²) in [5.74, 6) is 1.02. The maximum atomic E-state index is 12.0. The molecule has 0 radical (unpaired) electrons. The molecular weight excluding hydrogens is 268 g/mol. The third-order valence-corrected chi connectivity index (χ3v) is 3.39. The van der Waals surface area contributed by atoms with Crippen LogP contribution < -0.4 is 5.32 Å². The lowest BCUT2D eigenvalue weighted by atomic mass is 10.2. The van der Waals surface area contributed by atoms with Gasteiger partial charge in [-0.25, -0.2) is 9.97 Å². The third-order valence-electron chi connectivity index (χ3n) is 3.39. The third kappa shape index (κ3) is 4.24. The molecule has 1 fully saturated rings. The van der Waals surface area contributed by atoms with E-state index in [1.807, 2.05) is 13.0 Å². The van der Waals surface area contributed by atoms with E-state index in [0.717, 1.165) is 37.3 Å². The van der Waals surface area contributed by atoms with Crippen LogP contribution in [-0.2, 0) is 16.1 Å². The number of aromatic nitrogens is 2. The number of amides is 2. The average Bonchev–Trinajstić information content (AvgIpc) is 2.60. The van der Waals surface area contributed by atoms with Crippen LogP contribution in [0.2, 0.25) is 0 Å². The number of hydrogen-bond donors (Lipinski definition) is 1. The Labute approximate surface area is 125 Å². The Balaban J connectivity index is 2.15. The van der Waals surface area contributed by atoms with Crippen LogP contribution in [0.25, 0.3) is 0 Å². The molecule has 0 aliphatic carbocycles. The number of aryl methyl sites for hydroxylation is 1. The van der Waals surface area contributed by atoms with Crippen molar-refractivity contribution in [2.45, 2.75) is 52.5 Å². The molecule has 0 unspecified atom stereocenters. The van der Waals surface area contributed by atoms with Crippen molar-refractivity contribution < 1.29 is 9.59 Å². The van der Waals surface area contributed by atoms with Gasteiger partial charge in [0, 0.05) is 31.1 Å². The zero-order chi connectivity index (χ0) is 15.2. The lowest BCUT2D eigenvalue weighted by Gasteiger charge is -2.18. The molecule has 1 saturated heterocycles. The highest BCUT2D eigenvalue weighted by atomic mass is 16.2. The van der Waals surface area contributed by atoms with E-state index in [-0.39, 0.29) is 18.4 Å². The molecule has 0 atom stereocenters. The number of anilines is 1. The summed E-state index contributed by atoms with van der Waals surface area (Å²) in [6, 6.07) is 1.87. The van der Waals surface area contributed by atoms with Crippen LogP contribution in [0.1, 0.15) is 50.5 Å². The number of nitrogens with zero attached hydrogens (tertiary/aromatic N) is 3. The summed E-state index contributed by atoms with van der Waals surface area (Å²) in [4.78, 5) is 34.0. The Hall–Kier alpha value is -1.98. The average molecular weight is 290 g/mol. The summed E-state index contributed by atoms with van der Waals surface area (Å²) < 4.78 is 0. The van der Waals surface area contributed by atoms with Gasteiger partial charge in [0.05, 0.1) is 6.54 Å². The van der Waals surface area contributed by atoms with Crippen LogP contribution in [0.3, 0.4) is 0 Å². The van der Waals surface area contributed by atoms with E-state index < -0.39 is 0 Å². The molecule has 0 aromatic carbocycles. The van der Waals surface area contributed by atoms with Crippen molar-refractivity contribution in [2.24, 2.45) is 0 Å². The molecule has 2 amide bonds. The quantitative estimate of drug-likeness (QED) is 0.840. The van der Waals surface area contributed by atoms with Gasteiger partial charge < -0.3 is 5.32 Å². The summed E-state index contributed by atoms with van der Waals surface area (Å²) in [6.07, 6.45) is 3.41. The Kier molecular flexibility index (Phi) is 5.25. The van der Waals surface area contributed by atoms with Gasteiger partial charge in [-0.3, -0.25) is 14.5 Å². The van der Waals surface area contributed by atoms with Gasteiger partial charge in [0.15, 0.2) is 5.82 Å². The van der Waals surface area contributed by atoms with E-state index in [9.17, 15) is 9.59 Å². The molecule has 0 bridgehead atoms. The van der Waals surface area contributed by atoms with Crippen LogP contribution in [0.15, 0.2) is 6.07 Å². The largest absolute Gasteiger partial charge is 0.370 e. The minimum atomic E-state index is -0.120. The van der Waals surface area contributed by atoms with Gasteiger partial charge in [-0.05, 0) is 26.2 Å². The predicted molar refractivity (Wildman–Crippen MR) is 79.6 cm³/mol. The van der Waals surface area contributed by atoms with Gasteiger partial charge in [-0.2, -0.15) is 0 Å². The first-order valence-corrected chi connectivity index (χ1v) is 7.51. The molecule has 21 heavy (non-hydrogen) atoms. The van der Waals surface area contributed by atoms with Gasteiger partial charge in [0.25, 0.3) is 0 Å². The summed E-state index contributed by atoms with van der Waals surface area (Å²) in [5, 5.41) is 3.21. The fraction of sp³-hybridized carbons (Fsp3) is 0.600. The van der Waals surface area contributed by atoms with Crippen molar-refractivity contribution in [2.75, 3.05) is 11.9 Å². The fourth-order valence-electron chi connectivity index (χ4n) is 2.32. The van der Waals surface area contributed by atoms with Gasteiger partial charge in [-0.15, -0.1) is 0 Å². The Morgan fingerprint density at radius 2 is 1.86 bits per heavy atom. The molecule has 0 spiro atoms. The molecule has 114 valence electrons. The zero-order valence-electron chi connectivity index (χ0n) is 12.7. The number of hydrogen-bond acceptors (Lipinski definition) is 5. The van der Waals surface area contributed by atoms with Crippen molar-refractivity contribution in [3.63, 3.8) is 0 Å². The summed E-state index contributed by atoms with van der Waals surface area (Å²) in [5.41, 5.74) is 0.827. The van der Waals surface area contributed by atoms with E-state index >= 15 is 0 Å². The van der Waals surface area contributed by atoms with E-state index in [1.165, 1.54) is 4.90 Å². The lowest BCUT2D eigenvalue weighted by Crippen LogP contribution is -2.35. The van der Waals surface area contributed by atoms with E-state index in [1.54, 1.807) is 0 Å². The number of carbonyl (C=O) groups excluding carboxylic acids is 2. The zero-order valence-corrected chi connectivity index (χ0v) is 12.7. The first-order chi connectivity index (χ1) is 10.1. The Morgan fingerprint density at radius 1 is 1.19 bits per heavy atom. The normalized spacial score (nSPS) is 16.0. The van der Waals surface area contributed by atoms with Crippen molar-refractivity contribution in [3.05, 3.63) is 17.6 Å². The smallest absolute Gasteiger partial charge is 0.229 e. The summed E-state index contributed by atoms with van der Waals surface area (Å²) in [7, 11) is 0. The molecule has 1 aromatic rings. The van der Waals surface area contributed by atoms with E-state index in [2.05, 4.69) is 22.2 Å². The summed E-state index contributed by atoms with van der Waals surface area (Å²) in [6.45, 7) is 4.96. The molecular formula is C15H22N4O2. The maximum Gasteiger partial charge on any atom is 0.229 e. The number of carbonyl (C=O) groups is 2. The van der Waals surface area contributed by atoms with E-state index in [4.69, 9.17) is 0 Å². The molecule has 1 aromatic heterocycles. The van der Waals surface area contributed by atoms with Crippen LogP contribution in [0.4, 0.5) is 5.82 Å². The SMILES string of the molecule is CCCNc1cc(C)nc(CN2C(=O)CCCCC2=O)n1. The number of nitrogens with one attached hydrogen (secondary N) is 1. The molecule has 1 N–H and O–H groups in total.